The van der Waals surface area contributed by atoms with Crippen molar-refractivity contribution in [3.63, 3.8) is 0 Å². The van der Waals surface area contributed by atoms with Gasteiger partial charge in [0, 0.05) is 46.2 Å². The predicted molar refractivity (Wildman–Crippen MR) is 229 cm³/mol. The molecular formula is C50H37N5OPt. The number of benzene rings is 6. The Bertz CT molecular complexity index is 3360. The maximum absolute atomic E-state index is 6.61. The molecule has 5 aromatic heterocycles. The van der Waals surface area contributed by atoms with E-state index in [1.165, 1.54) is 38.5 Å². The number of rotatable bonds is 4. The van der Waals surface area contributed by atoms with Gasteiger partial charge in [-0.2, -0.15) is 17.2 Å². The Morgan fingerprint density at radius 1 is 0.544 bits per heavy atom. The normalized spacial score (nSPS) is 12.2. The molecule has 0 radical (unpaired) electrons. The number of fused-ring (bicyclic) bond motifs is 12. The molecule has 6 nitrogen and oxygen atoms in total. The van der Waals surface area contributed by atoms with Gasteiger partial charge in [-0.15, -0.1) is 35.0 Å². The molecule has 5 heterocycles. The molecule has 11 rings (SSSR count). The molecule has 0 aliphatic heterocycles. The average Bonchev–Trinajstić information content (AvgIpc) is 3.92. The van der Waals surface area contributed by atoms with Crippen LogP contribution >= 0.6 is 0 Å². The van der Waals surface area contributed by atoms with E-state index >= 15 is 0 Å². The molecule has 0 aliphatic rings. The van der Waals surface area contributed by atoms with E-state index in [0.717, 1.165) is 60.5 Å². The molecule has 0 aliphatic carbocycles. The summed E-state index contributed by atoms with van der Waals surface area (Å²) in [4.78, 5) is 5.04. The summed E-state index contributed by atoms with van der Waals surface area (Å²) in [6, 6.07) is 50.2. The minimum Gasteiger partial charge on any atom is -0.509 e. The topological polar surface area (TPSA) is 49.3 Å². The van der Waals surface area contributed by atoms with Crippen LogP contribution in [0.4, 0.5) is 0 Å². The monoisotopic (exact) mass is 918 g/mol. The van der Waals surface area contributed by atoms with Crippen molar-refractivity contribution in [1.29, 1.82) is 0 Å². The van der Waals surface area contributed by atoms with Crippen LogP contribution in [0.2, 0.25) is 0 Å². The molecule has 0 unspecified atom stereocenters. The summed E-state index contributed by atoms with van der Waals surface area (Å²) >= 11 is 0. The largest absolute Gasteiger partial charge is 2.00 e. The van der Waals surface area contributed by atoms with Crippen LogP contribution in [0.15, 0.2) is 134 Å². The standard InChI is InChI=1S/C50H37N5O.Pt/c1-30-10-8-14-40-41-15-9-11-31(2)49(41)53(48(30)40)33-22-24-51-47(27-33)54-43-21-16-32(50(3,4)5)26-42(43)39-20-18-34(28-45(39)54)56-35-17-19-38-36-12-6-7-13-37(36)44-23-25-52-55(44)46(38)29-35;/h6-27H,1-5H3;/q-2;+2. The van der Waals surface area contributed by atoms with Crippen LogP contribution in [0.1, 0.15) is 37.5 Å². The molecular weight excluding hydrogens is 882 g/mol. The Labute approximate surface area is 344 Å². The van der Waals surface area contributed by atoms with Gasteiger partial charge in [-0.25, -0.2) is 4.98 Å². The first-order chi connectivity index (χ1) is 27.2. The summed E-state index contributed by atoms with van der Waals surface area (Å²) in [5, 5.41) is 12.8. The fourth-order valence-electron chi connectivity index (χ4n) is 8.73. The van der Waals surface area contributed by atoms with Gasteiger partial charge < -0.3 is 13.9 Å². The van der Waals surface area contributed by atoms with Crippen LogP contribution in [0, 0.1) is 26.0 Å². The zero-order chi connectivity index (χ0) is 37.9. The summed E-state index contributed by atoms with van der Waals surface area (Å²) in [5.41, 5.74) is 11.0. The number of para-hydroxylation sites is 2. The van der Waals surface area contributed by atoms with Gasteiger partial charge in [-0.1, -0.05) is 104 Å². The first-order valence-electron chi connectivity index (χ1n) is 19.1. The third-order valence-corrected chi connectivity index (χ3v) is 11.4. The van der Waals surface area contributed by atoms with Crippen LogP contribution in [-0.2, 0) is 26.5 Å². The van der Waals surface area contributed by atoms with Crippen molar-refractivity contribution >= 4 is 70.8 Å². The van der Waals surface area contributed by atoms with E-state index in [1.54, 1.807) is 0 Å². The van der Waals surface area contributed by atoms with E-state index in [1.807, 2.05) is 35.1 Å². The van der Waals surface area contributed by atoms with Crippen molar-refractivity contribution in [2.45, 2.75) is 40.0 Å². The average molecular weight is 919 g/mol. The van der Waals surface area contributed by atoms with Crippen LogP contribution in [0.3, 0.4) is 0 Å². The van der Waals surface area contributed by atoms with Gasteiger partial charge in [-0.05, 0) is 70.4 Å². The van der Waals surface area contributed by atoms with Crippen molar-refractivity contribution in [2.75, 3.05) is 0 Å². The third-order valence-electron chi connectivity index (χ3n) is 11.4. The first kappa shape index (κ1) is 35.2. The second-order valence-corrected chi connectivity index (χ2v) is 15.9. The SMILES string of the molecule is Cc1cccc2c3cccc(C)c3n(-c3ccnc(-n4c5[c-]c(Oc6[c-]c7c(cc6)c6ccccc6c6ccnn76)ccc5c5cc(C(C)(C)C)ccc54)c3)c12.[Pt+2]. The van der Waals surface area contributed by atoms with Crippen molar-refractivity contribution < 1.29 is 25.8 Å². The molecule has 57 heavy (non-hydrogen) atoms. The summed E-state index contributed by atoms with van der Waals surface area (Å²) in [6.07, 6.45) is 3.75. The van der Waals surface area contributed by atoms with Gasteiger partial charge in [0.05, 0.1) is 22.2 Å². The summed E-state index contributed by atoms with van der Waals surface area (Å²) in [7, 11) is 0. The predicted octanol–water partition coefficient (Wildman–Crippen LogP) is 12.5. The number of ether oxygens (including phenoxy) is 1. The Morgan fingerprint density at radius 2 is 1.19 bits per heavy atom. The Balaban J connectivity index is 0.00000396. The van der Waals surface area contributed by atoms with E-state index < -0.39 is 0 Å². The minimum atomic E-state index is -0.0168. The molecule has 7 heteroatoms. The van der Waals surface area contributed by atoms with Gasteiger partial charge in [0.25, 0.3) is 0 Å². The Hall–Kier alpha value is -6.23. The molecule has 0 saturated heterocycles. The third kappa shape index (κ3) is 5.34. The van der Waals surface area contributed by atoms with Crippen LogP contribution in [0.5, 0.6) is 11.5 Å². The summed E-state index contributed by atoms with van der Waals surface area (Å²) in [5.74, 6) is 1.99. The Kier molecular flexibility index (Phi) is 7.97. The molecule has 0 atom stereocenters. The molecule has 0 N–H and O–H groups in total. The zero-order valence-corrected chi connectivity index (χ0v) is 34.4. The summed E-state index contributed by atoms with van der Waals surface area (Å²) in [6.45, 7) is 11.2. The van der Waals surface area contributed by atoms with Crippen molar-refractivity contribution in [2.24, 2.45) is 0 Å². The summed E-state index contributed by atoms with van der Waals surface area (Å²) < 4.78 is 13.2. The van der Waals surface area contributed by atoms with Crippen LogP contribution in [0.25, 0.3) is 82.3 Å². The maximum Gasteiger partial charge on any atom is 2.00 e. The second-order valence-electron chi connectivity index (χ2n) is 15.9. The Morgan fingerprint density at radius 3 is 1.89 bits per heavy atom. The van der Waals surface area contributed by atoms with Crippen LogP contribution in [-0.4, -0.2) is 23.7 Å². The quantitative estimate of drug-likeness (QED) is 0.131. The van der Waals surface area contributed by atoms with Crippen molar-refractivity contribution in [3.8, 4) is 23.0 Å². The molecule has 278 valence electrons. The van der Waals surface area contributed by atoms with Gasteiger partial charge in [0.15, 0.2) is 0 Å². The molecule has 0 saturated carbocycles. The van der Waals surface area contributed by atoms with Crippen molar-refractivity contribution in [3.05, 3.63) is 163 Å². The van der Waals surface area contributed by atoms with E-state index in [2.05, 4.69) is 164 Å². The fraction of sp³-hybridized carbons (Fsp3) is 0.120. The van der Waals surface area contributed by atoms with E-state index in [0.29, 0.717) is 11.5 Å². The van der Waals surface area contributed by atoms with E-state index in [-0.39, 0.29) is 26.5 Å². The molecule has 11 aromatic rings. The first-order valence-corrected chi connectivity index (χ1v) is 19.1. The zero-order valence-electron chi connectivity index (χ0n) is 32.2. The van der Waals surface area contributed by atoms with Gasteiger partial charge in [-0.3, -0.25) is 4.52 Å². The van der Waals surface area contributed by atoms with Gasteiger partial charge >= 0.3 is 21.1 Å². The number of aryl methyl sites for hydroxylation is 2. The molecule has 6 aromatic carbocycles. The number of nitrogens with zero attached hydrogens (tertiary/aromatic N) is 5. The maximum atomic E-state index is 6.61. The molecule has 0 spiro atoms. The molecule has 0 fully saturated rings. The number of pyridine rings is 2. The van der Waals surface area contributed by atoms with Gasteiger partial charge in [0.1, 0.15) is 5.82 Å². The van der Waals surface area contributed by atoms with E-state index in [9.17, 15) is 0 Å². The fourth-order valence-corrected chi connectivity index (χ4v) is 8.73. The smallest absolute Gasteiger partial charge is 0.509 e. The minimum absolute atomic E-state index is 0. The van der Waals surface area contributed by atoms with Gasteiger partial charge in [0.2, 0.25) is 0 Å². The second kappa shape index (κ2) is 12.9. The van der Waals surface area contributed by atoms with Crippen LogP contribution < -0.4 is 4.74 Å². The van der Waals surface area contributed by atoms with Crippen molar-refractivity contribution in [1.82, 2.24) is 23.7 Å². The number of hydrogen-bond donors (Lipinski definition) is 0. The number of hydrogen-bond acceptors (Lipinski definition) is 3. The molecule has 0 amide bonds. The number of aromatic nitrogens is 5. The van der Waals surface area contributed by atoms with E-state index in [4.69, 9.17) is 9.72 Å². The molecule has 0 bridgehead atoms.